The summed E-state index contributed by atoms with van der Waals surface area (Å²) in [5.74, 6) is 0.429. The molecule has 0 aliphatic rings. The van der Waals surface area contributed by atoms with E-state index in [-0.39, 0.29) is 13.2 Å². The molecule has 5 heteroatoms. The Hall–Kier alpha value is -2.65. The minimum Gasteiger partial charge on any atom is -0.404 e. The third kappa shape index (κ3) is 5.70. The number of benzene rings is 3. The predicted octanol–water partition coefficient (Wildman–Crippen LogP) is 7.26. The summed E-state index contributed by atoms with van der Waals surface area (Å²) in [5.41, 5.74) is 5.94. The van der Waals surface area contributed by atoms with Crippen molar-refractivity contribution in [3.05, 3.63) is 107 Å². The molecule has 0 saturated heterocycles. The van der Waals surface area contributed by atoms with Gasteiger partial charge in [-0.3, -0.25) is 9.05 Å². The van der Waals surface area contributed by atoms with Crippen LogP contribution in [0, 0.1) is 13.8 Å². The molecule has 4 nitrogen and oxygen atoms in total. The van der Waals surface area contributed by atoms with E-state index in [2.05, 4.69) is 6.58 Å². The quantitative estimate of drug-likeness (QED) is 0.341. The van der Waals surface area contributed by atoms with Gasteiger partial charge in [0.15, 0.2) is 0 Å². The van der Waals surface area contributed by atoms with Gasteiger partial charge < -0.3 is 4.52 Å². The van der Waals surface area contributed by atoms with Crippen molar-refractivity contribution in [2.45, 2.75) is 34.0 Å². The van der Waals surface area contributed by atoms with Crippen LogP contribution in [-0.4, -0.2) is 0 Å². The third-order valence-electron chi connectivity index (χ3n) is 4.88. The Bertz CT molecular complexity index is 1060. The lowest BCUT2D eigenvalue weighted by molar-refractivity contribution is 0.143. The molecular formula is C25H27O4P. The van der Waals surface area contributed by atoms with Crippen LogP contribution >= 0.6 is 7.82 Å². The summed E-state index contributed by atoms with van der Waals surface area (Å²) in [4.78, 5) is 0. The van der Waals surface area contributed by atoms with Crippen molar-refractivity contribution in [3.63, 3.8) is 0 Å². The van der Waals surface area contributed by atoms with E-state index in [1.165, 1.54) is 0 Å². The first-order chi connectivity index (χ1) is 14.4. The first-order valence-corrected chi connectivity index (χ1v) is 11.3. The van der Waals surface area contributed by atoms with Crippen LogP contribution in [0.15, 0.2) is 79.4 Å². The maximum Gasteiger partial charge on any atom is 0.530 e. The zero-order chi connectivity index (χ0) is 21.6. The van der Waals surface area contributed by atoms with E-state index in [0.717, 1.165) is 33.4 Å². The molecule has 0 aliphatic heterocycles. The fraction of sp³-hybridized carbons (Fsp3) is 0.200. The Labute approximate surface area is 178 Å². The number of aryl methyl sites for hydroxylation is 1. The fourth-order valence-electron chi connectivity index (χ4n) is 3.07. The van der Waals surface area contributed by atoms with E-state index in [9.17, 15) is 4.57 Å². The smallest absolute Gasteiger partial charge is 0.404 e. The van der Waals surface area contributed by atoms with E-state index >= 15 is 0 Å². The molecule has 0 fully saturated rings. The van der Waals surface area contributed by atoms with Crippen LogP contribution in [-0.2, 0) is 26.8 Å². The zero-order valence-corrected chi connectivity index (χ0v) is 18.5. The Kier molecular flexibility index (Phi) is 7.28. The lowest BCUT2D eigenvalue weighted by atomic mass is 9.99. The van der Waals surface area contributed by atoms with Crippen LogP contribution in [0.4, 0.5) is 0 Å². The van der Waals surface area contributed by atoms with E-state index in [0.29, 0.717) is 5.75 Å². The highest BCUT2D eigenvalue weighted by Gasteiger charge is 2.29. The number of hydrogen-bond acceptors (Lipinski definition) is 4. The molecule has 0 saturated carbocycles. The predicted molar refractivity (Wildman–Crippen MR) is 121 cm³/mol. The standard InChI is InChI=1S/C25H27O4P/c1-19(2)25-16-10-13-23(21(25)4)18-28-30(26,29-24-14-6-5-7-15-24)27-17-22-12-9-8-11-20(22)3/h5-16H,1,17-18H2,2-4H3. The summed E-state index contributed by atoms with van der Waals surface area (Å²) >= 11 is 0. The second-order valence-electron chi connectivity index (χ2n) is 7.19. The van der Waals surface area contributed by atoms with Crippen molar-refractivity contribution < 1.29 is 18.1 Å². The molecule has 0 heterocycles. The largest absolute Gasteiger partial charge is 0.530 e. The number of phosphoric ester groups is 1. The second kappa shape index (κ2) is 9.90. The average molecular weight is 422 g/mol. The number of rotatable bonds is 9. The highest BCUT2D eigenvalue weighted by Crippen LogP contribution is 2.51. The van der Waals surface area contributed by atoms with Gasteiger partial charge in [0.2, 0.25) is 0 Å². The molecule has 3 aromatic rings. The molecule has 3 rings (SSSR count). The van der Waals surface area contributed by atoms with Crippen molar-refractivity contribution in [1.29, 1.82) is 0 Å². The van der Waals surface area contributed by atoms with E-state index in [1.54, 1.807) is 12.1 Å². The fourth-order valence-corrected chi connectivity index (χ4v) is 4.23. The van der Waals surface area contributed by atoms with Crippen molar-refractivity contribution in [2.24, 2.45) is 0 Å². The lowest BCUT2D eigenvalue weighted by Gasteiger charge is -2.20. The molecule has 0 spiro atoms. The van der Waals surface area contributed by atoms with Gasteiger partial charge in [-0.05, 0) is 60.7 Å². The molecule has 1 unspecified atom stereocenters. The maximum absolute atomic E-state index is 13.5. The molecule has 1 atom stereocenters. The highest BCUT2D eigenvalue weighted by molar-refractivity contribution is 7.48. The topological polar surface area (TPSA) is 44.8 Å². The Morgan fingerprint density at radius 3 is 2.10 bits per heavy atom. The van der Waals surface area contributed by atoms with Crippen LogP contribution < -0.4 is 4.52 Å². The first kappa shape index (κ1) is 22.0. The normalized spacial score (nSPS) is 12.9. The van der Waals surface area contributed by atoms with Gasteiger partial charge in [-0.1, -0.05) is 72.8 Å². The average Bonchev–Trinajstić information content (AvgIpc) is 2.73. The third-order valence-corrected chi connectivity index (χ3v) is 6.21. The molecule has 0 amide bonds. The van der Waals surface area contributed by atoms with Crippen molar-refractivity contribution in [1.82, 2.24) is 0 Å². The number of phosphoric acid groups is 1. The monoisotopic (exact) mass is 422 g/mol. The van der Waals surface area contributed by atoms with Crippen molar-refractivity contribution >= 4 is 13.4 Å². The number of allylic oxidation sites excluding steroid dienone is 1. The van der Waals surface area contributed by atoms with E-state index in [4.69, 9.17) is 13.6 Å². The highest BCUT2D eigenvalue weighted by atomic mass is 31.2. The van der Waals surface area contributed by atoms with Gasteiger partial charge in [-0.15, -0.1) is 0 Å². The molecular weight excluding hydrogens is 395 g/mol. The van der Waals surface area contributed by atoms with Gasteiger partial charge in [-0.25, -0.2) is 4.57 Å². The summed E-state index contributed by atoms with van der Waals surface area (Å²) in [6.07, 6.45) is 0. The molecule has 3 aromatic carbocycles. The molecule has 0 radical (unpaired) electrons. The molecule has 0 N–H and O–H groups in total. The van der Waals surface area contributed by atoms with Crippen LogP contribution in [0.3, 0.4) is 0 Å². The summed E-state index contributed by atoms with van der Waals surface area (Å²) in [7, 11) is -3.87. The van der Waals surface area contributed by atoms with Gasteiger partial charge in [0, 0.05) is 0 Å². The maximum atomic E-state index is 13.5. The summed E-state index contributed by atoms with van der Waals surface area (Å²) < 4.78 is 30.7. The van der Waals surface area contributed by atoms with Crippen LogP contribution in [0.2, 0.25) is 0 Å². The Balaban J connectivity index is 1.81. The van der Waals surface area contributed by atoms with Gasteiger partial charge in [0.1, 0.15) is 5.75 Å². The van der Waals surface area contributed by atoms with Crippen LogP contribution in [0.25, 0.3) is 5.57 Å². The summed E-state index contributed by atoms with van der Waals surface area (Å²) in [5, 5.41) is 0. The summed E-state index contributed by atoms with van der Waals surface area (Å²) in [6, 6.07) is 22.6. The number of para-hydroxylation sites is 1. The molecule has 156 valence electrons. The van der Waals surface area contributed by atoms with E-state index < -0.39 is 7.82 Å². The van der Waals surface area contributed by atoms with Gasteiger partial charge in [0.25, 0.3) is 0 Å². The van der Waals surface area contributed by atoms with Crippen LogP contribution in [0.5, 0.6) is 5.75 Å². The SMILES string of the molecule is C=C(C)c1cccc(COP(=O)(OCc2ccccc2C)Oc2ccccc2)c1C. The second-order valence-corrected chi connectivity index (χ2v) is 8.79. The van der Waals surface area contributed by atoms with Gasteiger partial charge in [0.05, 0.1) is 13.2 Å². The van der Waals surface area contributed by atoms with Gasteiger partial charge in [-0.2, -0.15) is 0 Å². The van der Waals surface area contributed by atoms with Crippen molar-refractivity contribution in [3.8, 4) is 5.75 Å². The van der Waals surface area contributed by atoms with E-state index in [1.807, 2.05) is 81.4 Å². The first-order valence-electron chi connectivity index (χ1n) is 9.80. The number of hydrogen-bond donors (Lipinski definition) is 0. The molecule has 30 heavy (non-hydrogen) atoms. The molecule has 0 bridgehead atoms. The lowest BCUT2D eigenvalue weighted by Crippen LogP contribution is -2.05. The minimum absolute atomic E-state index is 0.102. The Morgan fingerprint density at radius 1 is 0.833 bits per heavy atom. The van der Waals surface area contributed by atoms with Crippen molar-refractivity contribution in [2.75, 3.05) is 0 Å². The summed E-state index contributed by atoms with van der Waals surface area (Å²) in [6.45, 7) is 10.2. The van der Waals surface area contributed by atoms with Crippen LogP contribution in [0.1, 0.15) is 34.7 Å². The zero-order valence-electron chi connectivity index (χ0n) is 17.6. The van der Waals surface area contributed by atoms with Gasteiger partial charge >= 0.3 is 7.82 Å². The Morgan fingerprint density at radius 2 is 1.43 bits per heavy atom. The minimum atomic E-state index is -3.87. The molecule has 0 aliphatic carbocycles. The molecule has 0 aromatic heterocycles.